The zero-order valence-corrected chi connectivity index (χ0v) is 10.5. The number of primary amides is 1. The molecule has 0 saturated carbocycles. The summed E-state index contributed by atoms with van der Waals surface area (Å²) in [6.07, 6.45) is 0. The zero-order chi connectivity index (χ0) is 14.1. The molecule has 0 spiro atoms. The molecule has 0 saturated heterocycles. The predicted molar refractivity (Wildman–Crippen MR) is 74.4 cm³/mol. The van der Waals surface area contributed by atoms with Gasteiger partial charge in [0.15, 0.2) is 5.69 Å². The Morgan fingerprint density at radius 3 is 2.30 bits per heavy atom. The quantitative estimate of drug-likeness (QED) is 0.767. The Hall–Kier alpha value is -2.95. The molecule has 3 rings (SSSR count). The molecule has 5 nitrogen and oxygen atoms in total. The normalized spacial score (nSPS) is 10.6. The average Bonchev–Trinajstić information content (AvgIpc) is 2.87. The van der Waals surface area contributed by atoms with Crippen molar-refractivity contribution in [3.8, 4) is 0 Å². The lowest BCUT2D eigenvalue weighted by molar-refractivity contribution is 0.0948. The van der Waals surface area contributed by atoms with Gasteiger partial charge >= 0.3 is 0 Å². The van der Waals surface area contributed by atoms with Crippen LogP contribution >= 0.6 is 0 Å². The number of hydrogen-bond donors (Lipinski definition) is 1. The number of benzene rings is 2. The molecule has 3 aromatic rings. The Kier molecular flexibility index (Phi) is 2.80. The Morgan fingerprint density at radius 1 is 0.950 bits per heavy atom. The molecule has 20 heavy (non-hydrogen) atoms. The molecule has 1 heterocycles. The van der Waals surface area contributed by atoms with Gasteiger partial charge in [-0.1, -0.05) is 36.4 Å². The number of rotatable bonds is 2. The fraction of sp³-hybridized carbons (Fsp3) is 0. The van der Waals surface area contributed by atoms with Crippen LogP contribution in [-0.4, -0.2) is 21.6 Å². The first-order valence-corrected chi connectivity index (χ1v) is 6.06. The van der Waals surface area contributed by atoms with Crippen molar-refractivity contribution in [1.82, 2.24) is 9.78 Å². The Balaban J connectivity index is 2.22. The molecule has 5 heteroatoms. The smallest absolute Gasteiger partial charge is 0.278 e. The Morgan fingerprint density at radius 2 is 1.60 bits per heavy atom. The first kappa shape index (κ1) is 12.1. The number of fused-ring (bicyclic) bond motifs is 1. The summed E-state index contributed by atoms with van der Waals surface area (Å²) in [5.74, 6) is -0.949. The van der Waals surface area contributed by atoms with Gasteiger partial charge in [-0.05, 0) is 18.2 Å². The highest BCUT2D eigenvalue weighted by molar-refractivity contribution is 6.08. The molecule has 0 radical (unpaired) electrons. The van der Waals surface area contributed by atoms with E-state index in [9.17, 15) is 9.59 Å². The van der Waals surface area contributed by atoms with E-state index < -0.39 is 5.91 Å². The van der Waals surface area contributed by atoms with E-state index in [4.69, 9.17) is 5.73 Å². The minimum atomic E-state index is -0.652. The van der Waals surface area contributed by atoms with Crippen LogP contribution in [0.1, 0.15) is 20.8 Å². The maximum absolute atomic E-state index is 12.4. The molecule has 0 bridgehead atoms. The second-order valence-corrected chi connectivity index (χ2v) is 4.31. The van der Waals surface area contributed by atoms with Crippen LogP contribution in [0, 0.1) is 0 Å². The fourth-order valence-electron chi connectivity index (χ4n) is 2.11. The van der Waals surface area contributed by atoms with Gasteiger partial charge in [-0.25, -0.2) is 0 Å². The summed E-state index contributed by atoms with van der Waals surface area (Å²) in [7, 11) is 0. The van der Waals surface area contributed by atoms with Crippen molar-refractivity contribution >= 4 is 22.7 Å². The minimum Gasteiger partial charge on any atom is -0.364 e. The fourth-order valence-corrected chi connectivity index (χ4v) is 2.11. The third-order valence-electron chi connectivity index (χ3n) is 3.03. The van der Waals surface area contributed by atoms with E-state index in [0.717, 1.165) is 0 Å². The molecule has 0 atom stereocenters. The van der Waals surface area contributed by atoms with Crippen LogP contribution in [-0.2, 0) is 0 Å². The summed E-state index contributed by atoms with van der Waals surface area (Å²) in [5.41, 5.74) is 6.47. The summed E-state index contributed by atoms with van der Waals surface area (Å²) in [6, 6.07) is 15.8. The molecule has 1 amide bonds. The summed E-state index contributed by atoms with van der Waals surface area (Å²) >= 11 is 0. The first-order chi connectivity index (χ1) is 9.68. The van der Waals surface area contributed by atoms with Gasteiger partial charge in [-0.15, -0.1) is 0 Å². The molecule has 0 aliphatic heterocycles. The number of hydrogen-bond acceptors (Lipinski definition) is 3. The number of carbonyl (C=O) groups is 2. The van der Waals surface area contributed by atoms with E-state index in [1.54, 1.807) is 48.5 Å². The number of amides is 1. The van der Waals surface area contributed by atoms with Crippen molar-refractivity contribution in [2.75, 3.05) is 0 Å². The minimum absolute atomic E-state index is 0.102. The van der Waals surface area contributed by atoms with Crippen LogP contribution in [0.3, 0.4) is 0 Å². The Bertz CT molecular complexity index is 806. The van der Waals surface area contributed by atoms with E-state index in [-0.39, 0.29) is 11.6 Å². The number of nitrogens with zero attached hydrogens (tertiary/aromatic N) is 2. The average molecular weight is 265 g/mol. The third kappa shape index (κ3) is 1.85. The summed E-state index contributed by atoms with van der Waals surface area (Å²) in [4.78, 5) is 23.9. The molecule has 1 aromatic heterocycles. The van der Waals surface area contributed by atoms with Gasteiger partial charge in [0.05, 0.1) is 5.52 Å². The lowest BCUT2D eigenvalue weighted by Crippen LogP contribution is -2.16. The second kappa shape index (κ2) is 4.62. The monoisotopic (exact) mass is 265 g/mol. The van der Waals surface area contributed by atoms with Crippen LogP contribution in [0.5, 0.6) is 0 Å². The predicted octanol–water partition coefficient (Wildman–Crippen LogP) is 1.82. The number of carbonyl (C=O) groups excluding carboxylic acids is 2. The number of aromatic nitrogens is 2. The van der Waals surface area contributed by atoms with Crippen molar-refractivity contribution in [3.63, 3.8) is 0 Å². The van der Waals surface area contributed by atoms with E-state index in [1.165, 1.54) is 4.68 Å². The zero-order valence-electron chi connectivity index (χ0n) is 10.5. The van der Waals surface area contributed by atoms with Crippen molar-refractivity contribution in [1.29, 1.82) is 0 Å². The van der Waals surface area contributed by atoms with E-state index in [1.807, 2.05) is 6.07 Å². The molecule has 0 aliphatic rings. The van der Waals surface area contributed by atoms with E-state index >= 15 is 0 Å². The van der Waals surface area contributed by atoms with Crippen molar-refractivity contribution in [3.05, 3.63) is 65.9 Å². The highest BCUT2D eigenvalue weighted by Crippen LogP contribution is 2.19. The van der Waals surface area contributed by atoms with Crippen LogP contribution in [0.15, 0.2) is 54.6 Å². The summed E-state index contributed by atoms with van der Waals surface area (Å²) in [6.45, 7) is 0. The van der Waals surface area contributed by atoms with Crippen LogP contribution < -0.4 is 5.73 Å². The Labute approximate surface area is 114 Å². The largest absolute Gasteiger partial charge is 0.364 e. The highest BCUT2D eigenvalue weighted by Gasteiger charge is 2.19. The molecule has 98 valence electrons. The lowest BCUT2D eigenvalue weighted by Gasteiger charge is -2.01. The van der Waals surface area contributed by atoms with Crippen molar-refractivity contribution < 1.29 is 9.59 Å². The van der Waals surface area contributed by atoms with Gasteiger partial charge < -0.3 is 5.73 Å². The topological polar surface area (TPSA) is 78.0 Å². The molecule has 0 aliphatic carbocycles. The molecule has 0 unspecified atom stereocenters. The first-order valence-electron chi connectivity index (χ1n) is 6.06. The molecular formula is C15H11N3O2. The highest BCUT2D eigenvalue weighted by atomic mass is 16.2. The SMILES string of the molecule is NC(=O)c1nn(C(=O)c2ccccc2)c2ccccc12. The second-order valence-electron chi connectivity index (χ2n) is 4.31. The molecule has 0 fully saturated rings. The molecule has 2 aromatic carbocycles. The molecule has 2 N–H and O–H groups in total. The number of nitrogens with two attached hydrogens (primary N) is 1. The van der Waals surface area contributed by atoms with Gasteiger partial charge in [0.2, 0.25) is 0 Å². The molecular weight excluding hydrogens is 254 g/mol. The third-order valence-corrected chi connectivity index (χ3v) is 3.03. The van der Waals surface area contributed by atoms with E-state index in [2.05, 4.69) is 5.10 Å². The van der Waals surface area contributed by atoms with Gasteiger partial charge in [-0.3, -0.25) is 9.59 Å². The lowest BCUT2D eigenvalue weighted by atomic mass is 10.2. The summed E-state index contributed by atoms with van der Waals surface area (Å²) < 4.78 is 1.21. The van der Waals surface area contributed by atoms with Gasteiger partial charge in [0.1, 0.15) is 0 Å². The van der Waals surface area contributed by atoms with Gasteiger partial charge in [0, 0.05) is 10.9 Å². The van der Waals surface area contributed by atoms with Gasteiger partial charge in [-0.2, -0.15) is 9.78 Å². The van der Waals surface area contributed by atoms with Crippen LogP contribution in [0.2, 0.25) is 0 Å². The van der Waals surface area contributed by atoms with Crippen molar-refractivity contribution in [2.45, 2.75) is 0 Å². The van der Waals surface area contributed by atoms with Crippen LogP contribution in [0.4, 0.5) is 0 Å². The van der Waals surface area contributed by atoms with Crippen LogP contribution in [0.25, 0.3) is 10.9 Å². The van der Waals surface area contributed by atoms with Crippen molar-refractivity contribution in [2.24, 2.45) is 5.73 Å². The standard InChI is InChI=1S/C15H11N3O2/c16-14(19)13-11-8-4-5-9-12(11)18(17-13)15(20)10-6-2-1-3-7-10/h1-9H,(H2,16,19). The maximum atomic E-state index is 12.4. The maximum Gasteiger partial charge on any atom is 0.278 e. The summed E-state index contributed by atoms with van der Waals surface area (Å²) in [5, 5.41) is 4.63. The van der Waals surface area contributed by atoms with E-state index in [0.29, 0.717) is 16.5 Å². The van der Waals surface area contributed by atoms with Gasteiger partial charge in [0.25, 0.3) is 11.8 Å². The number of para-hydroxylation sites is 1.